The number of hydrogen-bond donors (Lipinski definition) is 0. The van der Waals surface area contributed by atoms with Gasteiger partial charge in [0.2, 0.25) is 11.8 Å². The van der Waals surface area contributed by atoms with Gasteiger partial charge in [0.25, 0.3) is 0 Å². The predicted octanol–water partition coefficient (Wildman–Crippen LogP) is 3.12. The molecule has 2 amide bonds. The van der Waals surface area contributed by atoms with E-state index in [4.69, 9.17) is 0 Å². The van der Waals surface area contributed by atoms with Crippen molar-refractivity contribution in [1.82, 2.24) is 0 Å². The summed E-state index contributed by atoms with van der Waals surface area (Å²) < 4.78 is 13.9. The first-order valence-corrected chi connectivity index (χ1v) is 7.11. The SMILES string of the molecule is CC1CC2C(=O)N(c3cc(F)ccc3Br)C(=O)C2C1. The highest BCUT2D eigenvalue weighted by atomic mass is 79.9. The zero-order chi connectivity index (χ0) is 13.7. The minimum absolute atomic E-state index is 0.189. The summed E-state index contributed by atoms with van der Waals surface area (Å²) in [5.41, 5.74) is 0.317. The molecule has 2 atom stereocenters. The third kappa shape index (κ3) is 1.91. The van der Waals surface area contributed by atoms with E-state index in [0.717, 1.165) is 17.7 Å². The lowest BCUT2D eigenvalue weighted by Gasteiger charge is -2.18. The first-order valence-electron chi connectivity index (χ1n) is 6.32. The average Bonchev–Trinajstić information content (AvgIpc) is 2.84. The third-order valence-corrected chi connectivity index (χ3v) is 4.69. The van der Waals surface area contributed by atoms with Crippen LogP contribution in [0.25, 0.3) is 0 Å². The van der Waals surface area contributed by atoms with Gasteiger partial charge in [0, 0.05) is 4.47 Å². The van der Waals surface area contributed by atoms with Gasteiger partial charge in [0.1, 0.15) is 5.82 Å². The normalized spacial score (nSPS) is 30.1. The van der Waals surface area contributed by atoms with Crippen molar-refractivity contribution in [2.24, 2.45) is 17.8 Å². The molecule has 2 aliphatic rings. The Morgan fingerprint density at radius 2 is 1.79 bits per heavy atom. The van der Waals surface area contributed by atoms with Crippen molar-refractivity contribution in [1.29, 1.82) is 0 Å². The number of nitrogens with zero attached hydrogens (tertiary/aromatic N) is 1. The topological polar surface area (TPSA) is 37.4 Å². The largest absolute Gasteiger partial charge is 0.274 e. The number of carbonyl (C=O) groups excluding carboxylic acids is 2. The van der Waals surface area contributed by atoms with Crippen LogP contribution < -0.4 is 4.90 Å². The smallest absolute Gasteiger partial charge is 0.237 e. The van der Waals surface area contributed by atoms with Crippen LogP contribution >= 0.6 is 15.9 Å². The quantitative estimate of drug-likeness (QED) is 0.744. The Hall–Kier alpha value is -1.23. The first kappa shape index (κ1) is 12.8. The second kappa shape index (κ2) is 4.40. The summed E-state index contributed by atoms with van der Waals surface area (Å²) in [7, 11) is 0. The van der Waals surface area contributed by atoms with Gasteiger partial charge in [-0.3, -0.25) is 9.59 Å². The molecule has 0 spiro atoms. The lowest BCUT2D eigenvalue weighted by atomic mass is 10.00. The molecule has 1 saturated carbocycles. The Bertz CT molecular complexity index is 551. The summed E-state index contributed by atoms with van der Waals surface area (Å²) in [6.45, 7) is 2.06. The molecule has 1 saturated heterocycles. The van der Waals surface area contributed by atoms with E-state index in [1.54, 1.807) is 0 Å². The number of halogens is 2. The fourth-order valence-corrected chi connectivity index (χ4v) is 3.60. The molecule has 100 valence electrons. The zero-order valence-corrected chi connectivity index (χ0v) is 12.0. The van der Waals surface area contributed by atoms with Crippen molar-refractivity contribution in [3.8, 4) is 0 Å². The van der Waals surface area contributed by atoms with Gasteiger partial charge in [-0.1, -0.05) is 6.92 Å². The monoisotopic (exact) mass is 325 g/mol. The molecule has 3 rings (SSSR count). The highest BCUT2D eigenvalue weighted by molar-refractivity contribution is 9.10. The summed E-state index contributed by atoms with van der Waals surface area (Å²) in [6.07, 6.45) is 1.50. The van der Waals surface area contributed by atoms with Crippen molar-refractivity contribution in [2.45, 2.75) is 19.8 Å². The Kier molecular flexibility index (Phi) is 2.96. The summed E-state index contributed by atoms with van der Waals surface area (Å²) in [5.74, 6) is -0.878. The first-order chi connectivity index (χ1) is 8.99. The Balaban J connectivity index is 2.01. The molecular formula is C14H13BrFNO2. The number of anilines is 1. The fourth-order valence-electron chi connectivity index (χ4n) is 3.17. The van der Waals surface area contributed by atoms with Crippen LogP contribution in [0.1, 0.15) is 19.8 Å². The molecule has 2 unspecified atom stereocenters. The number of fused-ring (bicyclic) bond motifs is 1. The molecule has 0 aromatic heterocycles. The molecule has 1 aromatic carbocycles. The minimum atomic E-state index is -0.454. The number of imide groups is 1. The van der Waals surface area contributed by atoms with Crippen molar-refractivity contribution < 1.29 is 14.0 Å². The third-order valence-electron chi connectivity index (χ3n) is 4.02. The number of benzene rings is 1. The van der Waals surface area contributed by atoms with E-state index in [-0.39, 0.29) is 23.7 Å². The van der Waals surface area contributed by atoms with Gasteiger partial charge in [-0.2, -0.15) is 0 Å². The van der Waals surface area contributed by atoms with Gasteiger partial charge >= 0.3 is 0 Å². The summed E-state index contributed by atoms with van der Waals surface area (Å²) >= 11 is 3.27. The van der Waals surface area contributed by atoms with E-state index in [1.165, 1.54) is 18.2 Å². The molecule has 1 heterocycles. The molecule has 19 heavy (non-hydrogen) atoms. The molecule has 1 aliphatic heterocycles. The fraction of sp³-hybridized carbons (Fsp3) is 0.429. The van der Waals surface area contributed by atoms with Gasteiger partial charge in [0.15, 0.2) is 0 Å². The number of carbonyl (C=O) groups is 2. The molecule has 2 fully saturated rings. The summed E-state index contributed by atoms with van der Waals surface area (Å²) in [4.78, 5) is 25.9. The molecule has 1 aliphatic carbocycles. The molecule has 1 aromatic rings. The Morgan fingerprint density at radius 1 is 1.21 bits per heavy atom. The van der Waals surface area contributed by atoms with Crippen LogP contribution in [0.15, 0.2) is 22.7 Å². The highest BCUT2D eigenvalue weighted by Crippen LogP contribution is 2.45. The average molecular weight is 326 g/mol. The number of rotatable bonds is 1. The Labute approximate surface area is 118 Å². The van der Waals surface area contributed by atoms with E-state index in [2.05, 4.69) is 22.9 Å². The predicted molar refractivity (Wildman–Crippen MR) is 72.0 cm³/mol. The number of amides is 2. The van der Waals surface area contributed by atoms with E-state index in [0.29, 0.717) is 16.1 Å². The van der Waals surface area contributed by atoms with E-state index < -0.39 is 5.82 Å². The molecule has 5 heteroatoms. The highest BCUT2D eigenvalue weighted by Gasteiger charge is 2.52. The van der Waals surface area contributed by atoms with Crippen LogP contribution in [-0.4, -0.2) is 11.8 Å². The van der Waals surface area contributed by atoms with Crippen LogP contribution in [-0.2, 0) is 9.59 Å². The van der Waals surface area contributed by atoms with E-state index >= 15 is 0 Å². The molecule has 0 radical (unpaired) electrons. The zero-order valence-electron chi connectivity index (χ0n) is 10.4. The standard InChI is InChI=1S/C14H13BrFNO2/c1-7-4-9-10(5-7)14(19)17(13(9)18)12-6-8(16)2-3-11(12)15/h2-3,6-7,9-10H,4-5H2,1H3. The van der Waals surface area contributed by atoms with Crippen LogP contribution in [0, 0.1) is 23.6 Å². The molecular weight excluding hydrogens is 313 g/mol. The van der Waals surface area contributed by atoms with Crippen LogP contribution in [0.3, 0.4) is 0 Å². The van der Waals surface area contributed by atoms with Gasteiger partial charge in [-0.05, 0) is 52.9 Å². The molecule has 0 N–H and O–H groups in total. The van der Waals surface area contributed by atoms with Crippen LogP contribution in [0.2, 0.25) is 0 Å². The second-order valence-electron chi connectivity index (χ2n) is 5.40. The molecule has 3 nitrogen and oxygen atoms in total. The van der Waals surface area contributed by atoms with Gasteiger partial charge < -0.3 is 0 Å². The van der Waals surface area contributed by atoms with Crippen LogP contribution in [0.4, 0.5) is 10.1 Å². The van der Waals surface area contributed by atoms with Crippen molar-refractivity contribution >= 4 is 33.4 Å². The lowest BCUT2D eigenvalue weighted by Crippen LogP contribution is -2.32. The van der Waals surface area contributed by atoms with Gasteiger partial charge in [-0.25, -0.2) is 9.29 Å². The lowest BCUT2D eigenvalue weighted by molar-refractivity contribution is -0.123. The molecule has 0 bridgehead atoms. The van der Waals surface area contributed by atoms with Crippen molar-refractivity contribution in [2.75, 3.05) is 4.90 Å². The van der Waals surface area contributed by atoms with Crippen LogP contribution in [0.5, 0.6) is 0 Å². The maximum absolute atomic E-state index is 13.3. The minimum Gasteiger partial charge on any atom is -0.274 e. The van der Waals surface area contributed by atoms with E-state index in [1.807, 2.05) is 0 Å². The maximum Gasteiger partial charge on any atom is 0.237 e. The van der Waals surface area contributed by atoms with Gasteiger partial charge in [-0.15, -0.1) is 0 Å². The van der Waals surface area contributed by atoms with E-state index in [9.17, 15) is 14.0 Å². The van der Waals surface area contributed by atoms with Crippen molar-refractivity contribution in [3.05, 3.63) is 28.5 Å². The Morgan fingerprint density at radius 3 is 2.37 bits per heavy atom. The maximum atomic E-state index is 13.3. The second-order valence-corrected chi connectivity index (χ2v) is 6.25. The summed E-state index contributed by atoms with van der Waals surface area (Å²) in [5, 5.41) is 0. The van der Waals surface area contributed by atoms with Gasteiger partial charge in [0.05, 0.1) is 17.5 Å². The summed E-state index contributed by atoms with van der Waals surface area (Å²) in [6, 6.07) is 4.04. The van der Waals surface area contributed by atoms with Crippen molar-refractivity contribution in [3.63, 3.8) is 0 Å². The number of hydrogen-bond acceptors (Lipinski definition) is 2.